The quantitative estimate of drug-likeness (QED) is 0.287. The smallest absolute Gasteiger partial charge is 0.308 e. The maximum Gasteiger partial charge on any atom is 0.308 e. The molecule has 1 heterocycles. The van der Waals surface area contributed by atoms with Crippen molar-refractivity contribution in [1.82, 2.24) is 14.3 Å². The Balaban J connectivity index is 2.10. The SMILES string of the molecule is CCC(=O)OCOc1cc(-c2nn(-c3ccc(Cl)cc3)c(=S)n(C)c2=O)c(F)cc1Cl. The lowest BCUT2D eigenvalue weighted by molar-refractivity contribution is -0.149. The van der Waals surface area contributed by atoms with Crippen LogP contribution in [0.25, 0.3) is 16.9 Å². The first-order valence-electron chi connectivity index (χ1n) is 8.97. The summed E-state index contributed by atoms with van der Waals surface area (Å²) in [5, 5.41) is 4.72. The zero-order valence-electron chi connectivity index (χ0n) is 16.4. The van der Waals surface area contributed by atoms with Gasteiger partial charge in [-0.15, -0.1) is 0 Å². The zero-order chi connectivity index (χ0) is 22.7. The number of aromatic nitrogens is 3. The maximum atomic E-state index is 14.8. The molecule has 0 bridgehead atoms. The summed E-state index contributed by atoms with van der Waals surface area (Å²) in [7, 11) is 1.46. The third kappa shape index (κ3) is 4.95. The molecule has 3 aromatic rings. The van der Waals surface area contributed by atoms with Gasteiger partial charge in [-0.25, -0.2) is 9.07 Å². The second-order valence-electron chi connectivity index (χ2n) is 6.28. The van der Waals surface area contributed by atoms with Crippen molar-refractivity contribution in [3.63, 3.8) is 0 Å². The van der Waals surface area contributed by atoms with Crippen LogP contribution in [0.4, 0.5) is 4.39 Å². The standard InChI is InChI=1S/C20H16Cl2FN3O4S/c1-3-17(27)30-10-29-16-8-13(15(23)9-14(16)22)18-19(28)25(2)20(31)26(24-18)12-6-4-11(21)5-7-12/h4-9H,3,10H2,1-2H3. The molecular weight excluding hydrogens is 468 g/mol. The normalized spacial score (nSPS) is 10.7. The molecule has 0 saturated heterocycles. The molecule has 11 heteroatoms. The van der Waals surface area contributed by atoms with Gasteiger partial charge in [0.05, 0.1) is 10.7 Å². The molecule has 0 aliphatic heterocycles. The molecule has 2 aromatic carbocycles. The van der Waals surface area contributed by atoms with Crippen LogP contribution in [-0.4, -0.2) is 27.1 Å². The van der Waals surface area contributed by atoms with Gasteiger partial charge >= 0.3 is 5.97 Å². The largest absolute Gasteiger partial charge is 0.456 e. The highest BCUT2D eigenvalue weighted by Crippen LogP contribution is 2.31. The van der Waals surface area contributed by atoms with Gasteiger partial charge in [-0.2, -0.15) is 5.10 Å². The van der Waals surface area contributed by atoms with Crippen molar-refractivity contribution in [1.29, 1.82) is 0 Å². The number of halogens is 3. The van der Waals surface area contributed by atoms with Gasteiger partial charge in [0.15, 0.2) is 5.69 Å². The third-order valence-electron chi connectivity index (χ3n) is 4.25. The molecule has 1 aromatic heterocycles. The van der Waals surface area contributed by atoms with Gasteiger partial charge in [-0.3, -0.25) is 14.2 Å². The number of ether oxygens (including phenoxy) is 2. The summed E-state index contributed by atoms with van der Waals surface area (Å²) in [4.78, 5) is 24.1. The van der Waals surface area contributed by atoms with Crippen LogP contribution < -0.4 is 10.3 Å². The summed E-state index contributed by atoms with van der Waals surface area (Å²) in [6, 6.07) is 8.80. The van der Waals surface area contributed by atoms with Gasteiger partial charge in [-0.1, -0.05) is 30.1 Å². The van der Waals surface area contributed by atoms with Crippen LogP contribution in [0.3, 0.4) is 0 Å². The van der Waals surface area contributed by atoms with Crippen molar-refractivity contribution in [2.24, 2.45) is 7.05 Å². The Hall–Kier alpha value is -2.75. The van der Waals surface area contributed by atoms with E-state index in [-0.39, 0.29) is 33.2 Å². The molecule has 0 aliphatic carbocycles. The molecule has 0 spiro atoms. The lowest BCUT2D eigenvalue weighted by Gasteiger charge is -2.14. The summed E-state index contributed by atoms with van der Waals surface area (Å²) in [5.74, 6) is -1.24. The Morgan fingerprint density at radius 2 is 1.90 bits per heavy atom. The number of rotatable bonds is 6. The Morgan fingerprint density at radius 3 is 2.55 bits per heavy atom. The molecule has 162 valence electrons. The summed E-state index contributed by atoms with van der Waals surface area (Å²) in [5.41, 5.74) is -0.446. The van der Waals surface area contributed by atoms with Gasteiger partial charge in [-0.05, 0) is 48.6 Å². The topological polar surface area (TPSA) is 75.3 Å². The lowest BCUT2D eigenvalue weighted by Crippen LogP contribution is -2.26. The maximum absolute atomic E-state index is 14.8. The second kappa shape index (κ2) is 9.59. The first-order chi connectivity index (χ1) is 14.7. The number of carbonyl (C=O) groups is 1. The van der Waals surface area contributed by atoms with Gasteiger partial charge < -0.3 is 9.47 Å². The predicted octanol–water partition coefficient (Wildman–Crippen LogP) is 4.70. The molecule has 7 nitrogen and oxygen atoms in total. The summed E-state index contributed by atoms with van der Waals surface area (Å²) < 4.78 is 27.5. The van der Waals surface area contributed by atoms with Crippen LogP contribution in [0.15, 0.2) is 41.2 Å². The number of nitrogens with zero attached hydrogens (tertiary/aromatic N) is 3. The van der Waals surface area contributed by atoms with Crippen molar-refractivity contribution in [3.8, 4) is 22.7 Å². The monoisotopic (exact) mass is 483 g/mol. The molecule has 0 unspecified atom stereocenters. The average molecular weight is 484 g/mol. The van der Waals surface area contributed by atoms with Crippen molar-refractivity contribution in [2.45, 2.75) is 13.3 Å². The molecule has 0 saturated carbocycles. The minimum atomic E-state index is -0.785. The predicted molar refractivity (Wildman–Crippen MR) is 117 cm³/mol. The van der Waals surface area contributed by atoms with E-state index in [0.717, 1.165) is 6.07 Å². The summed E-state index contributed by atoms with van der Waals surface area (Å²) in [6.07, 6.45) is 0.170. The van der Waals surface area contributed by atoms with Gasteiger partial charge in [0, 0.05) is 24.1 Å². The first-order valence-corrected chi connectivity index (χ1v) is 10.1. The molecule has 0 aliphatic rings. The third-order valence-corrected chi connectivity index (χ3v) is 5.24. The highest BCUT2D eigenvalue weighted by atomic mass is 35.5. The number of hydrogen-bond donors (Lipinski definition) is 0. The highest BCUT2D eigenvalue weighted by Gasteiger charge is 2.19. The van der Waals surface area contributed by atoms with Gasteiger partial charge in [0.25, 0.3) is 5.56 Å². The van der Waals surface area contributed by atoms with E-state index in [4.69, 9.17) is 44.9 Å². The fourth-order valence-electron chi connectivity index (χ4n) is 2.57. The number of benzene rings is 2. The first kappa shape index (κ1) is 22.9. The lowest BCUT2D eigenvalue weighted by atomic mass is 10.1. The van der Waals surface area contributed by atoms with E-state index in [9.17, 15) is 14.0 Å². The van der Waals surface area contributed by atoms with E-state index < -0.39 is 24.1 Å². The Morgan fingerprint density at radius 1 is 1.23 bits per heavy atom. The van der Waals surface area contributed by atoms with Crippen LogP contribution in [0.2, 0.25) is 10.0 Å². The van der Waals surface area contributed by atoms with Crippen LogP contribution in [0.1, 0.15) is 13.3 Å². The van der Waals surface area contributed by atoms with E-state index >= 15 is 0 Å². The average Bonchev–Trinajstić information content (AvgIpc) is 2.75. The number of carbonyl (C=O) groups excluding carboxylic acids is 1. The van der Waals surface area contributed by atoms with Crippen molar-refractivity contribution < 1.29 is 18.7 Å². The zero-order valence-corrected chi connectivity index (χ0v) is 18.7. The van der Waals surface area contributed by atoms with Gasteiger partial charge in [0.1, 0.15) is 11.6 Å². The van der Waals surface area contributed by atoms with Crippen molar-refractivity contribution in [2.75, 3.05) is 6.79 Å². The van der Waals surface area contributed by atoms with E-state index in [1.807, 2.05) is 0 Å². The molecule has 0 N–H and O–H groups in total. The molecule has 0 atom stereocenters. The molecule has 0 radical (unpaired) electrons. The van der Waals surface area contributed by atoms with E-state index in [0.29, 0.717) is 10.7 Å². The Kier molecular flexibility index (Phi) is 7.09. The molecule has 0 amide bonds. The summed E-state index contributed by atoms with van der Waals surface area (Å²) in [6.45, 7) is 1.21. The van der Waals surface area contributed by atoms with Crippen molar-refractivity contribution in [3.05, 3.63) is 67.4 Å². The molecule has 3 rings (SSSR count). The van der Waals surface area contributed by atoms with E-state index in [1.165, 1.54) is 22.4 Å². The fraction of sp³-hybridized carbons (Fsp3) is 0.200. The number of hydrogen-bond acceptors (Lipinski definition) is 6. The summed E-state index contributed by atoms with van der Waals surface area (Å²) >= 11 is 17.3. The molecular formula is C20H16Cl2FN3O4S. The van der Waals surface area contributed by atoms with Crippen LogP contribution in [0, 0.1) is 10.6 Å². The number of esters is 1. The molecule has 0 fully saturated rings. The second-order valence-corrected chi connectivity index (χ2v) is 7.49. The van der Waals surface area contributed by atoms with Crippen molar-refractivity contribution >= 4 is 41.4 Å². The van der Waals surface area contributed by atoms with Gasteiger partial charge in [0.2, 0.25) is 11.6 Å². The van der Waals surface area contributed by atoms with Crippen LogP contribution >= 0.6 is 35.4 Å². The minimum absolute atomic E-state index is 0.0197. The van der Waals surface area contributed by atoms with E-state index in [2.05, 4.69) is 5.10 Å². The Bertz CT molecular complexity index is 1260. The van der Waals surface area contributed by atoms with Crippen LogP contribution in [0.5, 0.6) is 5.75 Å². The van der Waals surface area contributed by atoms with E-state index in [1.54, 1.807) is 31.2 Å². The molecule has 31 heavy (non-hydrogen) atoms. The highest BCUT2D eigenvalue weighted by molar-refractivity contribution is 7.71. The fourth-order valence-corrected chi connectivity index (χ4v) is 3.13. The van der Waals surface area contributed by atoms with Crippen LogP contribution in [-0.2, 0) is 16.6 Å². The minimum Gasteiger partial charge on any atom is -0.456 e. The Labute approximate surface area is 191 Å².